The summed E-state index contributed by atoms with van der Waals surface area (Å²) in [5.41, 5.74) is 11.2. The number of nitrogens with one attached hydrogen (secondary N) is 1. The van der Waals surface area contributed by atoms with E-state index in [9.17, 15) is 19.2 Å². The van der Waals surface area contributed by atoms with Gasteiger partial charge in [0.25, 0.3) is 5.91 Å². The number of aryl methyl sites for hydroxylation is 1. The number of benzene rings is 4. The molecule has 5 aromatic rings. The topological polar surface area (TPSA) is 124 Å². The average molecular weight is 715 g/mol. The smallest absolute Gasteiger partial charge is 0.306 e. The number of fused-ring (bicyclic) bond motifs is 1. The van der Waals surface area contributed by atoms with E-state index in [1.165, 1.54) is 5.56 Å². The number of primary amides is 1. The quantitative estimate of drug-likeness (QED) is 0.0893. The van der Waals surface area contributed by atoms with E-state index in [1.807, 2.05) is 115 Å². The number of carbonyl (C=O) groups excluding carboxylic acids is 4. The third-order valence-electron chi connectivity index (χ3n) is 9.48. The van der Waals surface area contributed by atoms with Gasteiger partial charge in [-0.3, -0.25) is 19.2 Å². The fraction of sp³-hybridized carbons (Fsp3) is 0.318. The molecule has 0 spiro atoms. The van der Waals surface area contributed by atoms with Gasteiger partial charge in [0.15, 0.2) is 0 Å². The Morgan fingerprint density at radius 3 is 2.09 bits per heavy atom. The monoisotopic (exact) mass is 714 g/mol. The van der Waals surface area contributed by atoms with Crippen LogP contribution in [-0.2, 0) is 45.1 Å². The maximum Gasteiger partial charge on any atom is 0.306 e. The number of aromatic nitrogens is 1. The van der Waals surface area contributed by atoms with Crippen molar-refractivity contribution in [2.75, 3.05) is 6.54 Å². The van der Waals surface area contributed by atoms with Gasteiger partial charge >= 0.3 is 5.97 Å². The predicted octanol–water partition coefficient (Wildman–Crippen LogP) is 6.99. The summed E-state index contributed by atoms with van der Waals surface area (Å²) in [6, 6.07) is 33.8. The van der Waals surface area contributed by atoms with Crippen LogP contribution in [-0.4, -0.2) is 51.8 Å². The van der Waals surface area contributed by atoms with Crippen molar-refractivity contribution in [3.05, 3.63) is 143 Å². The zero-order valence-electron chi connectivity index (χ0n) is 30.7. The lowest BCUT2D eigenvalue weighted by Gasteiger charge is -2.34. The average Bonchev–Trinajstić information content (AvgIpc) is 3.54. The van der Waals surface area contributed by atoms with Gasteiger partial charge in [-0.05, 0) is 60.4 Å². The van der Waals surface area contributed by atoms with Crippen LogP contribution in [0.4, 0.5) is 0 Å². The zero-order chi connectivity index (χ0) is 37.6. The van der Waals surface area contributed by atoms with Gasteiger partial charge in [-0.2, -0.15) is 0 Å². The second kappa shape index (κ2) is 19.2. The number of ether oxygens (including phenoxy) is 1. The van der Waals surface area contributed by atoms with Gasteiger partial charge in [-0.15, -0.1) is 0 Å². The summed E-state index contributed by atoms with van der Waals surface area (Å²) in [5, 5.41) is 3.82. The van der Waals surface area contributed by atoms with Gasteiger partial charge in [-0.1, -0.05) is 117 Å². The number of para-hydroxylation sites is 1. The van der Waals surface area contributed by atoms with Crippen molar-refractivity contribution in [1.29, 1.82) is 0 Å². The van der Waals surface area contributed by atoms with Crippen LogP contribution >= 0.6 is 0 Å². The first kappa shape index (κ1) is 38.5. The minimum atomic E-state index is -0.968. The molecule has 0 aliphatic carbocycles. The minimum Gasteiger partial charge on any atom is -0.461 e. The Labute approximate surface area is 312 Å². The number of carbonyl (C=O) groups is 4. The first-order valence-electron chi connectivity index (χ1n) is 18.5. The van der Waals surface area contributed by atoms with Gasteiger partial charge in [0.1, 0.15) is 12.6 Å². The van der Waals surface area contributed by atoms with E-state index in [2.05, 4.69) is 24.4 Å². The van der Waals surface area contributed by atoms with Gasteiger partial charge in [-0.25, -0.2) is 0 Å². The van der Waals surface area contributed by atoms with Gasteiger partial charge in [0, 0.05) is 49.1 Å². The molecule has 3 N–H and O–H groups in total. The summed E-state index contributed by atoms with van der Waals surface area (Å²) < 4.78 is 7.53. The highest BCUT2D eigenvalue weighted by Crippen LogP contribution is 2.24. The molecule has 3 amide bonds. The Morgan fingerprint density at radius 2 is 1.43 bits per heavy atom. The normalized spacial score (nSPS) is 12.2. The van der Waals surface area contributed by atoms with Crippen LogP contribution in [0.2, 0.25) is 0 Å². The molecule has 0 saturated carbocycles. The number of hydrogen-bond donors (Lipinski definition) is 2. The molecule has 0 unspecified atom stereocenters. The lowest BCUT2D eigenvalue weighted by atomic mass is 9.98. The highest BCUT2D eigenvalue weighted by molar-refractivity contribution is 6.08. The number of rotatable bonds is 19. The molecule has 0 fully saturated rings. The van der Waals surface area contributed by atoms with E-state index in [4.69, 9.17) is 10.5 Å². The largest absolute Gasteiger partial charge is 0.461 e. The molecule has 276 valence electrons. The van der Waals surface area contributed by atoms with E-state index < -0.39 is 23.9 Å². The number of nitrogens with two attached hydrogens (primary N) is 1. The second-order valence-corrected chi connectivity index (χ2v) is 13.5. The van der Waals surface area contributed by atoms with E-state index >= 15 is 0 Å². The van der Waals surface area contributed by atoms with Gasteiger partial charge in [0.05, 0.1) is 5.56 Å². The van der Waals surface area contributed by atoms with Crippen molar-refractivity contribution >= 4 is 34.6 Å². The van der Waals surface area contributed by atoms with Gasteiger partial charge in [0.2, 0.25) is 11.8 Å². The molecule has 2 atom stereocenters. The Bertz CT molecular complexity index is 1960. The molecule has 4 aromatic carbocycles. The lowest BCUT2D eigenvalue weighted by Crippen LogP contribution is -2.53. The first-order chi connectivity index (χ1) is 25.7. The fourth-order valence-corrected chi connectivity index (χ4v) is 6.71. The summed E-state index contributed by atoms with van der Waals surface area (Å²) >= 11 is 0. The summed E-state index contributed by atoms with van der Waals surface area (Å²) in [6.45, 7) is 5.15. The Morgan fingerprint density at radius 1 is 0.792 bits per heavy atom. The molecule has 0 aliphatic rings. The van der Waals surface area contributed by atoms with Crippen LogP contribution in [0.5, 0.6) is 0 Å². The minimum absolute atomic E-state index is 0.0271. The SMILES string of the molecule is CCCN(C(=O)[C@H](CCCC(=O)OCc1ccccc1)NC(=O)c1cn(Cc2ccccc2)c2ccccc12)[C@H](CC(N)=O)Cc1ccc(CC)cc1. The molecule has 53 heavy (non-hydrogen) atoms. The zero-order valence-corrected chi connectivity index (χ0v) is 30.7. The third kappa shape index (κ3) is 10.9. The van der Waals surface area contributed by atoms with Crippen molar-refractivity contribution in [3.8, 4) is 0 Å². The number of nitrogens with zero attached hydrogens (tertiary/aromatic N) is 2. The Balaban J connectivity index is 1.40. The molecular weight excluding hydrogens is 665 g/mol. The van der Waals surface area contributed by atoms with Crippen LogP contribution in [0.3, 0.4) is 0 Å². The fourth-order valence-electron chi connectivity index (χ4n) is 6.71. The van der Waals surface area contributed by atoms with Crippen molar-refractivity contribution < 1.29 is 23.9 Å². The summed E-state index contributed by atoms with van der Waals surface area (Å²) in [6.07, 6.45) is 4.34. The second-order valence-electron chi connectivity index (χ2n) is 13.5. The molecule has 5 rings (SSSR count). The lowest BCUT2D eigenvalue weighted by molar-refractivity contribution is -0.145. The summed E-state index contributed by atoms with van der Waals surface area (Å²) in [7, 11) is 0. The van der Waals surface area contributed by atoms with E-state index in [0.717, 1.165) is 34.0 Å². The van der Waals surface area contributed by atoms with Crippen LogP contribution in [0, 0.1) is 0 Å². The Kier molecular flexibility index (Phi) is 14.0. The molecule has 0 saturated heterocycles. The standard InChI is InChI=1S/C44H50N4O5/c1-3-26-48(36(28-41(45)49)27-33-24-22-32(4-2)23-25-33)44(52)39(19-13-21-42(50)53-31-35-16-9-6-10-17-35)46-43(51)38-30-47(29-34-14-7-5-8-15-34)40-20-12-11-18-37(38)40/h5-12,14-18,20,22-25,30,36,39H,3-4,13,19,21,26-29,31H2,1-2H3,(H2,45,49)(H,46,51)/t36-,39-/m0/s1. The van der Waals surface area contributed by atoms with Crippen molar-refractivity contribution in [2.24, 2.45) is 5.73 Å². The van der Waals surface area contributed by atoms with Crippen molar-refractivity contribution in [1.82, 2.24) is 14.8 Å². The van der Waals surface area contributed by atoms with E-state index in [0.29, 0.717) is 37.9 Å². The van der Waals surface area contributed by atoms with Gasteiger partial charge < -0.3 is 25.3 Å². The molecule has 1 aromatic heterocycles. The molecule has 9 nitrogen and oxygen atoms in total. The predicted molar refractivity (Wildman–Crippen MR) is 208 cm³/mol. The maximum absolute atomic E-state index is 14.6. The molecule has 9 heteroatoms. The molecular formula is C44H50N4O5. The van der Waals surface area contributed by atoms with E-state index in [1.54, 1.807) is 4.90 Å². The third-order valence-corrected chi connectivity index (χ3v) is 9.48. The van der Waals surface area contributed by atoms with E-state index in [-0.39, 0.29) is 37.7 Å². The molecule has 1 heterocycles. The van der Waals surface area contributed by atoms with Crippen molar-refractivity contribution in [3.63, 3.8) is 0 Å². The number of hydrogen-bond acceptors (Lipinski definition) is 5. The molecule has 0 bridgehead atoms. The molecule has 0 aliphatic heterocycles. The maximum atomic E-state index is 14.6. The van der Waals surface area contributed by atoms with Crippen LogP contribution in [0.1, 0.15) is 78.6 Å². The summed E-state index contributed by atoms with van der Waals surface area (Å²) in [4.78, 5) is 55.7. The van der Waals surface area contributed by atoms with Crippen LogP contribution in [0.15, 0.2) is 115 Å². The van der Waals surface area contributed by atoms with Crippen LogP contribution in [0.25, 0.3) is 10.9 Å². The first-order valence-corrected chi connectivity index (χ1v) is 18.5. The number of esters is 1. The number of amides is 3. The van der Waals surface area contributed by atoms with Crippen molar-refractivity contribution in [2.45, 2.75) is 84.0 Å². The highest BCUT2D eigenvalue weighted by atomic mass is 16.5. The molecule has 0 radical (unpaired) electrons. The highest BCUT2D eigenvalue weighted by Gasteiger charge is 2.32. The Hall–Kier alpha value is -5.70. The van der Waals surface area contributed by atoms with Crippen LogP contribution < -0.4 is 11.1 Å². The summed E-state index contributed by atoms with van der Waals surface area (Å²) in [5.74, 6) is -1.61.